The van der Waals surface area contributed by atoms with Crippen LogP contribution in [0.1, 0.15) is 10.4 Å². The number of carbonyl (C=O) groups excluding carboxylic acids is 2. The first-order chi connectivity index (χ1) is 13.2. The van der Waals surface area contributed by atoms with Crippen molar-refractivity contribution in [2.24, 2.45) is 0 Å². The van der Waals surface area contributed by atoms with E-state index in [9.17, 15) is 9.59 Å². The molecular weight excluding hydrogens is 346 g/mol. The molecule has 1 amide bonds. The fourth-order valence-electron chi connectivity index (χ4n) is 2.78. The first-order valence-corrected chi connectivity index (χ1v) is 8.28. The number of methoxy groups -OCH3 is 2. The van der Waals surface area contributed by atoms with Gasteiger partial charge >= 0.3 is 0 Å². The average molecular weight is 365 g/mol. The molecule has 138 valence electrons. The number of hydrogen-bond donors (Lipinski definition) is 1. The smallest absolute Gasteiger partial charge is 0.262 e. The summed E-state index contributed by atoms with van der Waals surface area (Å²) in [5.74, 6) is 1.09. The fourth-order valence-corrected chi connectivity index (χ4v) is 2.78. The zero-order valence-corrected chi connectivity index (χ0v) is 15.0. The summed E-state index contributed by atoms with van der Waals surface area (Å²) < 4.78 is 16.0. The van der Waals surface area contributed by atoms with Crippen LogP contribution in [0, 0.1) is 0 Å². The van der Waals surface area contributed by atoms with Gasteiger partial charge in [-0.15, -0.1) is 0 Å². The number of fused-ring (bicyclic) bond motifs is 1. The molecule has 0 unspecified atom stereocenters. The molecule has 27 heavy (non-hydrogen) atoms. The Morgan fingerprint density at radius 2 is 1.70 bits per heavy atom. The van der Waals surface area contributed by atoms with Crippen molar-refractivity contribution >= 4 is 28.7 Å². The maximum atomic E-state index is 12.2. The molecule has 6 heteroatoms. The van der Waals surface area contributed by atoms with Crippen molar-refractivity contribution in [3.8, 4) is 17.2 Å². The van der Waals surface area contributed by atoms with Crippen LogP contribution < -0.4 is 19.5 Å². The molecule has 0 spiro atoms. The number of ether oxygens (including phenoxy) is 3. The number of aldehydes is 1. The summed E-state index contributed by atoms with van der Waals surface area (Å²) in [5.41, 5.74) is 0.974. The number of carbonyl (C=O) groups is 2. The minimum Gasteiger partial charge on any atom is -0.493 e. The molecule has 0 heterocycles. The van der Waals surface area contributed by atoms with Crippen molar-refractivity contribution in [2.45, 2.75) is 0 Å². The van der Waals surface area contributed by atoms with E-state index in [0.29, 0.717) is 28.5 Å². The molecule has 0 fully saturated rings. The second-order valence-electron chi connectivity index (χ2n) is 5.72. The van der Waals surface area contributed by atoms with Gasteiger partial charge in [0.05, 0.1) is 19.8 Å². The van der Waals surface area contributed by atoms with E-state index in [4.69, 9.17) is 14.2 Å². The molecule has 0 bridgehead atoms. The average Bonchev–Trinajstić information content (AvgIpc) is 2.71. The lowest BCUT2D eigenvalue weighted by Gasteiger charge is -2.12. The van der Waals surface area contributed by atoms with Gasteiger partial charge in [0.15, 0.2) is 24.4 Å². The molecule has 0 aliphatic rings. The standard InChI is InChI=1S/C21H19NO5/c1-25-19-10-8-15(11-20(19)26-2)22-21(24)13-27-18-9-7-14-5-3-4-6-16(14)17(18)12-23/h3-12H,13H2,1-2H3,(H,22,24). The molecule has 1 N–H and O–H groups in total. The van der Waals surface area contributed by atoms with Crippen LogP contribution in [0.2, 0.25) is 0 Å². The van der Waals surface area contributed by atoms with Gasteiger partial charge in [-0.25, -0.2) is 0 Å². The Balaban J connectivity index is 1.71. The van der Waals surface area contributed by atoms with Gasteiger partial charge < -0.3 is 19.5 Å². The molecule has 0 saturated carbocycles. The second kappa shape index (κ2) is 8.23. The summed E-state index contributed by atoms with van der Waals surface area (Å²) in [6.07, 6.45) is 0.740. The van der Waals surface area contributed by atoms with Gasteiger partial charge in [-0.1, -0.05) is 30.3 Å². The SMILES string of the molecule is COc1ccc(NC(=O)COc2ccc3ccccc3c2C=O)cc1OC. The topological polar surface area (TPSA) is 73.9 Å². The van der Waals surface area contributed by atoms with E-state index in [1.807, 2.05) is 30.3 Å². The Bertz CT molecular complexity index is 983. The Morgan fingerprint density at radius 3 is 2.44 bits per heavy atom. The predicted molar refractivity (Wildman–Crippen MR) is 103 cm³/mol. The summed E-state index contributed by atoms with van der Waals surface area (Å²) in [6, 6.07) is 16.1. The Kier molecular flexibility index (Phi) is 5.56. The van der Waals surface area contributed by atoms with Crippen LogP contribution in [-0.4, -0.2) is 33.0 Å². The normalized spacial score (nSPS) is 10.3. The zero-order valence-electron chi connectivity index (χ0n) is 15.0. The van der Waals surface area contributed by atoms with Crippen molar-refractivity contribution in [1.82, 2.24) is 0 Å². The highest BCUT2D eigenvalue weighted by Gasteiger charge is 2.11. The lowest BCUT2D eigenvalue weighted by Crippen LogP contribution is -2.20. The maximum Gasteiger partial charge on any atom is 0.262 e. The number of anilines is 1. The number of rotatable bonds is 7. The van der Waals surface area contributed by atoms with Gasteiger partial charge in [-0.2, -0.15) is 0 Å². The molecule has 3 rings (SSSR count). The molecule has 0 aliphatic heterocycles. The van der Waals surface area contributed by atoms with Crippen LogP contribution in [0.4, 0.5) is 5.69 Å². The minimum atomic E-state index is -0.354. The molecule has 0 atom stereocenters. The van der Waals surface area contributed by atoms with Crippen LogP contribution >= 0.6 is 0 Å². The van der Waals surface area contributed by atoms with E-state index in [1.165, 1.54) is 14.2 Å². The third-order valence-electron chi connectivity index (χ3n) is 4.07. The fraction of sp³-hybridized carbons (Fsp3) is 0.143. The summed E-state index contributed by atoms with van der Waals surface area (Å²) in [5, 5.41) is 4.44. The molecule has 0 saturated heterocycles. The minimum absolute atomic E-state index is 0.229. The van der Waals surface area contributed by atoms with E-state index < -0.39 is 0 Å². The van der Waals surface area contributed by atoms with Crippen molar-refractivity contribution in [3.05, 3.63) is 60.2 Å². The van der Waals surface area contributed by atoms with Crippen molar-refractivity contribution in [3.63, 3.8) is 0 Å². The van der Waals surface area contributed by atoms with Gasteiger partial charge in [0, 0.05) is 11.8 Å². The Hall–Kier alpha value is -3.54. The number of hydrogen-bond acceptors (Lipinski definition) is 5. The van der Waals surface area contributed by atoms with Gasteiger partial charge in [0.1, 0.15) is 5.75 Å². The monoisotopic (exact) mass is 365 g/mol. The highest BCUT2D eigenvalue weighted by atomic mass is 16.5. The number of nitrogens with one attached hydrogen (secondary N) is 1. The third-order valence-corrected chi connectivity index (χ3v) is 4.07. The van der Waals surface area contributed by atoms with Crippen molar-refractivity contribution in [2.75, 3.05) is 26.1 Å². The zero-order chi connectivity index (χ0) is 19.2. The largest absolute Gasteiger partial charge is 0.493 e. The van der Waals surface area contributed by atoms with Crippen LogP contribution in [0.5, 0.6) is 17.2 Å². The van der Waals surface area contributed by atoms with E-state index in [2.05, 4.69) is 5.32 Å². The van der Waals surface area contributed by atoms with Gasteiger partial charge in [-0.3, -0.25) is 9.59 Å². The molecule has 0 aliphatic carbocycles. The van der Waals surface area contributed by atoms with Crippen molar-refractivity contribution < 1.29 is 23.8 Å². The second-order valence-corrected chi connectivity index (χ2v) is 5.72. The van der Waals surface area contributed by atoms with Crippen molar-refractivity contribution in [1.29, 1.82) is 0 Å². The molecular formula is C21H19NO5. The van der Waals surface area contributed by atoms with E-state index in [-0.39, 0.29) is 12.5 Å². The van der Waals surface area contributed by atoms with Crippen LogP contribution in [-0.2, 0) is 4.79 Å². The number of amides is 1. The molecule has 6 nitrogen and oxygen atoms in total. The lowest BCUT2D eigenvalue weighted by molar-refractivity contribution is -0.118. The molecule has 0 aromatic heterocycles. The Labute approximate surface area is 156 Å². The highest BCUT2D eigenvalue weighted by Crippen LogP contribution is 2.30. The van der Waals surface area contributed by atoms with Gasteiger partial charge in [-0.05, 0) is 29.0 Å². The van der Waals surface area contributed by atoms with Gasteiger partial charge in [0.25, 0.3) is 5.91 Å². The predicted octanol–water partition coefficient (Wildman–Crippen LogP) is 3.69. The van der Waals surface area contributed by atoms with Crippen LogP contribution in [0.3, 0.4) is 0 Å². The number of benzene rings is 3. The molecule has 3 aromatic rings. The summed E-state index contributed by atoms with van der Waals surface area (Å²) in [6.45, 7) is -0.229. The lowest BCUT2D eigenvalue weighted by atomic mass is 10.0. The summed E-state index contributed by atoms with van der Waals surface area (Å²) >= 11 is 0. The molecule has 3 aromatic carbocycles. The first-order valence-electron chi connectivity index (χ1n) is 8.28. The van der Waals surface area contributed by atoms with Gasteiger partial charge in [0.2, 0.25) is 0 Å². The highest BCUT2D eigenvalue weighted by molar-refractivity contribution is 6.01. The summed E-state index contributed by atoms with van der Waals surface area (Å²) in [4.78, 5) is 23.7. The van der Waals surface area contributed by atoms with Crippen LogP contribution in [0.15, 0.2) is 54.6 Å². The summed E-state index contributed by atoms with van der Waals surface area (Å²) in [7, 11) is 3.06. The van der Waals surface area contributed by atoms with E-state index in [1.54, 1.807) is 24.3 Å². The Morgan fingerprint density at radius 1 is 0.963 bits per heavy atom. The van der Waals surface area contributed by atoms with E-state index in [0.717, 1.165) is 17.1 Å². The quantitative estimate of drug-likeness (QED) is 0.647. The first kappa shape index (κ1) is 18.3. The van der Waals surface area contributed by atoms with Crippen LogP contribution in [0.25, 0.3) is 10.8 Å². The maximum absolute atomic E-state index is 12.2. The third kappa shape index (κ3) is 4.00. The van der Waals surface area contributed by atoms with E-state index >= 15 is 0 Å². The molecule has 0 radical (unpaired) electrons.